The average molecular weight is 291 g/mol. The van der Waals surface area contributed by atoms with Crippen LogP contribution in [0.3, 0.4) is 0 Å². The third kappa shape index (κ3) is 5.58. The Hall–Kier alpha value is -1.84. The van der Waals surface area contributed by atoms with E-state index in [0.29, 0.717) is 12.8 Å². The second-order valence-electron chi connectivity index (χ2n) is 6.05. The van der Waals surface area contributed by atoms with Gasteiger partial charge in [-0.25, -0.2) is 4.79 Å². The molecule has 0 saturated carbocycles. The fourth-order valence-corrected chi connectivity index (χ4v) is 2.21. The summed E-state index contributed by atoms with van der Waals surface area (Å²) < 4.78 is 0. The number of nitrogens with one attached hydrogen (secondary N) is 1. The predicted octanol–water partition coefficient (Wildman–Crippen LogP) is 3.01. The van der Waals surface area contributed by atoms with Gasteiger partial charge in [0.2, 0.25) is 5.91 Å². The minimum Gasteiger partial charge on any atom is -0.480 e. The van der Waals surface area contributed by atoms with Crippen LogP contribution in [-0.4, -0.2) is 23.0 Å². The van der Waals surface area contributed by atoms with Crippen LogP contribution in [0.1, 0.15) is 45.6 Å². The summed E-state index contributed by atoms with van der Waals surface area (Å²) in [4.78, 5) is 23.6. The molecule has 1 aromatic carbocycles. The lowest BCUT2D eigenvalue weighted by molar-refractivity contribution is -0.143. The SMILES string of the molecule is CCCCC(NC(=O)C(C)(C)Cc1ccccc1)C(=O)O. The van der Waals surface area contributed by atoms with E-state index in [2.05, 4.69) is 5.32 Å². The second-order valence-corrected chi connectivity index (χ2v) is 6.05. The van der Waals surface area contributed by atoms with Crippen molar-refractivity contribution in [1.82, 2.24) is 5.32 Å². The van der Waals surface area contributed by atoms with Crippen LogP contribution in [0.5, 0.6) is 0 Å². The number of carbonyl (C=O) groups excluding carboxylic acids is 1. The van der Waals surface area contributed by atoms with Gasteiger partial charge < -0.3 is 10.4 Å². The molecule has 0 aliphatic rings. The van der Waals surface area contributed by atoms with E-state index in [-0.39, 0.29) is 5.91 Å². The van der Waals surface area contributed by atoms with Crippen LogP contribution in [0, 0.1) is 5.41 Å². The summed E-state index contributed by atoms with van der Waals surface area (Å²) in [7, 11) is 0. The molecule has 1 unspecified atom stereocenters. The Balaban J connectivity index is 2.68. The van der Waals surface area contributed by atoms with Crippen molar-refractivity contribution in [3.8, 4) is 0 Å². The molecule has 0 aliphatic heterocycles. The Morgan fingerprint density at radius 1 is 1.24 bits per heavy atom. The summed E-state index contributed by atoms with van der Waals surface area (Å²) in [5.41, 5.74) is 0.430. The smallest absolute Gasteiger partial charge is 0.326 e. The zero-order valence-corrected chi connectivity index (χ0v) is 13.1. The molecule has 116 valence electrons. The van der Waals surface area contributed by atoms with Crippen LogP contribution in [0.15, 0.2) is 30.3 Å². The van der Waals surface area contributed by atoms with Gasteiger partial charge in [-0.15, -0.1) is 0 Å². The summed E-state index contributed by atoms with van der Waals surface area (Å²) in [6.07, 6.45) is 2.75. The van der Waals surface area contributed by atoms with Crippen molar-refractivity contribution >= 4 is 11.9 Å². The summed E-state index contributed by atoms with van der Waals surface area (Å²) in [6.45, 7) is 5.68. The van der Waals surface area contributed by atoms with Crippen LogP contribution in [0.25, 0.3) is 0 Å². The lowest BCUT2D eigenvalue weighted by Gasteiger charge is -2.26. The van der Waals surface area contributed by atoms with E-state index < -0.39 is 17.4 Å². The molecule has 1 rings (SSSR count). The van der Waals surface area contributed by atoms with Gasteiger partial charge in [-0.3, -0.25) is 4.79 Å². The first-order chi connectivity index (χ1) is 9.86. The Kier molecular flexibility index (Phi) is 6.40. The largest absolute Gasteiger partial charge is 0.480 e. The van der Waals surface area contributed by atoms with E-state index in [0.717, 1.165) is 18.4 Å². The average Bonchev–Trinajstić information content (AvgIpc) is 2.43. The molecule has 0 aliphatic carbocycles. The normalized spacial score (nSPS) is 12.7. The van der Waals surface area contributed by atoms with E-state index in [1.54, 1.807) is 0 Å². The van der Waals surface area contributed by atoms with Gasteiger partial charge in [0.15, 0.2) is 0 Å². The Morgan fingerprint density at radius 2 is 1.86 bits per heavy atom. The van der Waals surface area contributed by atoms with Gasteiger partial charge in [0, 0.05) is 5.41 Å². The second kappa shape index (κ2) is 7.81. The summed E-state index contributed by atoms with van der Waals surface area (Å²) >= 11 is 0. The fraction of sp³-hybridized carbons (Fsp3) is 0.529. The van der Waals surface area contributed by atoms with Crippen molar-refractivity contribution in [3.05, 3.63) is 35.9 Å². The minimum absolute atomic E-state index is 0.213. The number of aliphatic carboxylic acids is 1. The zero-order valence-electron chi connectivity index (χ0n) is 13.1. The van der Waals surface area contributed by atoms with E-state index >= 15 is 0 Å². The van der Waals surface area contributed by atoms with E-state index in [1.807, 2.05) is 51.1 Å². The maximum Gasteiger partial charge on any atom is 0.326 e. The van der Waals surface area contributed by atoms with Gasteiger partial charge in [0.05, 0.1) is 0 Å². The van der Waals surface area contributed by atoms with Gasteiger partial charge in [-0.05, 0) is 18.4 Å². The van der Waals surface area contributed by atoms with Crippen molar-refractivity contribution in [3.63, 3.8) is 0 Å². The molecule has 4 heteroatoms. The number of rotatable bonds is 8. The molecule has 0 aromatic heterocycles. The van der Waals surface area contributed by atoms with Gasteiger partial charge >= 0.3 is 5.97 Å². The van der Waals surface area contributed by atoms with Crippen molar-refractivity contribution in [2.45, 2.75) is 52.5 Å². The molecule has 0 saturated heterocycles. The Bertz CT molecular complexity index is 468. The number of carboxylic acid groups (broad SMARTS) is 1. The number of hydrogen-bond acceptors (Lipinski definition) is 2. The minimum atomic E-state index is -0.965. The molecule has 0 bridgehead atoms. The number of hydrogen-bond donors (Lipinski definition) is 2. The number of unbranched alkanes of at least 4 members (excludes halogenated alkanes) is 1. The highest BCUT2D eigenvalue weighted by Crippen LogP contribution is 2.22. The molecular weight excluding hydrogens is 266 g/mol. The Labute approximate surface area is 126 Å². The van der Waals surface area contributed by atoms with Crippen LogP contribution < -0.4 is 5.32 Å². The highest BCUT2D eigenvalue weighted by molar-refractivity contribution is 5.87. The summed E-state index contributed by atoms with van der Waals surface area (Å²) in [6, 6.07) is 8.95. The van der Waals surface area contributed by atoms with E-state index in [1.165, 1.54) is 0 Å². The molecular formula is C17H25NO3. The van der Waals surface area contributed by atoms with Gasteiger partial charge in [-0.2, -0.15) is 0 Å². The van der Waals surface area contributed by atoms with Gasteiger partial charge in [-0.1, -0.05) is 63.9 Å². The van der Waals surface area contributed by atoms with Crippen LogP contribution >= 0.6 is 0 Å². The molecule has 0 spiro atoms. The summed E-state index contributed by atoms with van der Waals surface area (Å²) in [5.74, 6) is -1.18. The van der Waals surface area contributed by atoms with E-state index in [9.17, 15) is 14.7 Å². The highest BCUT2D eigenvalue weighted by Gasteiger charge is 2.31. The summed E-state index contributed by atoms with van der Waals surface area (Å²) in [5, 5.41) is 11.9. The third-order valence-electron chi connectivity index (χ3n) is 3.55. The van der Waals surface area contributed by atoms with Crippen molar-refractivity contribution < 1.29 is 14.7 Å². The first kappa shape index (κ1) is 17.2. The molecule has 1 atom stereocenters. The number of carboxylic acids is 1. The van der Waals surface area contributed by atoms with Crippen molar-refractivity contribution in [2.24, 2.45) is 5.41 Å². The topological polar surface area (TPSA) is 66.4 Å². The quantitative estimate of drug-likeness (QED) is 0.773. The number of amides is 1. The molecule has 1 aromatic rings. The van der Waals surface area contributed by atoms with Crippen molar-refractivity contribution in [2.75, 3.05) is 0 Å². The van der Waals surface area contributed by atoms with Gasteiger partial charge in [0.25, 0.3) is 0 Å². The monoisotopic (exact) mass is 291 g/mol. The Morgan fingerprint density at radius 3 is 2.38 bits per heavy atom. The maximum absolute atomic E-state index is 12.4. The van der Waals surface area contributed by atoms with Crippen molar-refractivity contribution in [1.29, 1.82) is 0 Å². The molecule has 0 heterocycles. The third-order valence-corrected chi connectivity index (χ3v) is 3.55. The fourth-order valence-electron chi connectivity index (χ4n) is 2.21. The van der Waals surface area contributed by atoms with Crippen LogP contribution in [-0.2, 0) is 16.0 Å². The molecule has 4 nitrogen and oxygen atoms in total. The lowest BCUT2D eigenvalue weighted by Crippen LogP contribution is -2.47. The first-order valence-electron chi connectivity index (χ1n) is 7.44. The molecule has 0 fully saturated rings. The maximum atomic E-state index is 12.4. The molecule has 0 radical (unpaired) electrons. The zero-order chi connectivity index (χ0) is 15.9. The van der Waals surface area contributed by atoms with E-state index in [4.69, 9.17) is 0 Å². The highest BCUT2D eigenvalue weighted by atomic mass is 16.4. The van der Waals surface area contributed by atoms with Crippen LogP contribution in [0.2, 0.25) is 0 Å². The number of benzene rings is 1. The molecule has 2 N–H and O–H groups in total. The molecule has 21 heavy (non-hydrogen) atoms. The lowest BCUT2D eigenvalue weighted by atomic mass is 9.84. The standard InChI is InChI=1S/C17H25NO3/c1-4-5-11-14(15(19)20)18-16(21)17(2,3)12-13-9-7-6-8-10-13/h6-10,14H,4-5,11-12H2,1-3H3,(H,18,21)(H,19,20). The van der Waals surface area contributed by atoms with Gasteiger partial charge in [0.1, 0.15) is 6.04 Å². The molecule has 1 amide bonds. The van der Waals surface area contributed by atoms with Crippen LogP contribution in [0.4, 0.5) is 0 Å². The first-order valence-corrected chi connectivity index (χ1v) is 7.44. The predicted molar refractivity (Wildman–Crippen MR) is 83.0 cm³/mol. The number of carbonyl (C=O) groups is 2.